The van der Waals surface area contributed by atoms with E-state index in [1.165, 1.54) is 18.0 Å². The topological polar surface area (TPSA) is 134 Å². The third-order valence-corrected chi connectivity index (χ3v) is 4.07. The van der Waals surface area contributed by atoms with Gasteiger partial charge in [0.15, 0.2) is 18.1 Å². The molecule has 1 atom stereocenters. The molecule has 0 fully saturated rings. The van der Waals surface area contributed by atoms with Crippen LogP contribution in [-0.4, -0.2) is 46.7 Å². The zero-order chi connectivity index (χ0) is 20.8. The summed E-state index contributed by atoms with van der Waals surface area (Å²) in [5.74, 6) is -0.150. The van der Waals surface area contributed by atoms with E-state index in [2.05, 4.69) is 20.8 Å². The third kappa shape index (κ3) is 4.67. The van der Waals surface area contributed by atoms with E-state index in [1.54, 1.807) is 25.1 Å². The molecule has 2 amide bonds. The Balaban J connectivity index is 1.65. The van der Waals surface area contributed by atoms with E-state index in [9.17, 15) is 9.59 Å². The summed E-state index contributed by atoms with van der Waals surface area (Å²) >= 11 is 0. The minimum Gasteiger partial charge on any atom is -0.493 e. The number of amides is 2. The molecule has 1 heterocycles. The van der Waals surface area contributed by atoms with Gasteiger partial charge in [-0.3, -0.25) is 9.59 Å². The maximum absolute atomic E-state index is 12.4. The van der Waals surface area contributed by atoms with Crippen molar-refractivity contribution in [3.05, 3.63) is 48.0 Å². The summed E-state index contributed by atoms with van der Waals surface area (Å²) in [6.45, 7) is 1.45. The van der Waals surface area contributed by atoms with Crippen molar-refractivity contribution < 1.29 is 19.1 Å². The second-order valence-electron chi connectivity index (χ2n) is 6.10. The first kappa shape index (κ1) is 19.8. The van der Waals surface area contributed by atoms with Crippen LogP contribution in [0.4, 0.5) is 0 Å². The molecule has 0 aliphatic rings. The van der Waals surface area contributed by atoms with Crippen LogP contribution in [0.15, 0.2) is 47.6 Å². The number of carbonyl (C=O) groups is 2. The molecular weight excluding hydrogens is 376 g/mol. The first-order valence-electron chi connectivity index (χ1n) is 8.71. The number of nitrogens with one attached hydrogen (secondary N) is 1. The molecule has 0 saturated carbocycles. The van der Waals surface area contributed by atoms with Gasteiger partial charge in [0.05, 0.1) is 18.8 Å². The lowest BCUT2D eigenvalue weighted by atomic mass is 10.2. The summed E-state index contributed by atoms with van der Waals surface area (Å²) in [5.41, 5.74) is 9.68. The highest BCUT2D eigenvalue weighted by Crippen LogP contribution is 2.27. The second kappa shape index (κ2) is 8.83. The summed E-state index contributed by atoms with van der Waals surface area (Å²) in [5, 5.41) is 12.1. The van der Waals surface area contributed by atoms with Crippen LogP contribution < -0.4 is 20.6 Å². The molecule has 3 aromatic rings. The molecule has 0 saturated heterocycles. The fourth-order valence-electron chi connectivity index (χ4n) is 2.58. The van der Waals surface area contributed by atoms with Gasteiger partial charge in [0.25, 0.3) is 11.8 Å². The maximum Gasteiger partial charge on any atom is 0.264 e. The molecule has 2 aromatic carbocycles. The zero-order valence-corrected chi connectivity index (χ0v) is 15.9. The van der Waals surface area contributed by atoms with Crippen LogP contribution in [0.3, 0.4) is 0 Å². The van der Waals surface area contributed by atoms with E-state index in [1.807, 2.05) is 24.3 Å². The molecule has 3 N–H and O–H groups in total. The van der Waals surface area contributed by atoms with Gasteiger partial charge < -0.3 is 15.2 Å². The fourth-order valence-corrected chi connectivity index (χ4v) is 2.58. The molecule has 0 aliphatic heterocycles. The first-order chi connectivity index (χ1) is 14.0. The lowest BCUT2D eigenvalue weighted by molar-refractivity contribution is -0.124. The number of benzene rings is 2. The Labute approximate surface area is 166 Å². The number of methoxy groups -OCH3 is 1. The van der Waals surface area contributed by atoms with E-state index in [0.29, 0.717) is 22.6 Å². The number of hydrogen-bond acceptors (Lipinski definition) is 7. The Morgan fingerprint density at radius 3 is 2.83 bits per heavy atom. The molecule has 10 heteroatoms. The SMILES string of the molecule is COc1cc(C=NNC(=O)C(C)n2nnc3ccccc32)ccc1OCC(N)=O. The predicted molar refractivity (Wildman–Crippen MR) is 106 cm³/mol. The number of nitrogens with zero attached hydrogens (tertiary/aromatic N) is 4. The molecule has 1 unspecified atom stereocenters. The zero-order valence-electron chi connectivity index (χ0n) is 15.9. The van der Waals surface area contributed by atoms with E-state index < -0.39 is 11.9 Å². The molecule has 0 bridgehead atoms. The Kier molecular flexibility index (Phi) is 6.03. The number of hydrogen-bond donors (Lipinski definition) is 2. The Hall–Kier alpha value is -3.95. The van der Waals surface area contributed by atoms with Gasteiger partial charge >= 0.3 is 0 Å². The number of primary amides is 1. The number of nitrogens with two attached hydrogens (primary N) is 1. The largest absolute Gasteiger partial charge is 0.493 e. The van der Waals surface area contributed by atoms with E-state index in [4.69, 9.17) is 15.2 Å². The van der Waals surface area contributed by atoms with E-state index >= 15 is 0 Å². The number of aromatic nitrogens is 3. The van der Waals surface area contributed by atoms with Crippen molar-refractivity contribution in [2.24, 2.45) is 10.8 Å². The van der Waals surface area contributed by atoms with Gasteiger partial charge in [0, 0.05) is 0 Å². The Bertz CT molecular complexity index is 1060. The third-order valence-electron chi connectivity index (χ3n) is 4.07. The van der Waals surface area contributed by atoms with Crippen molar-refractivity contribution in [2.75, 3.05) is 13.7 Å². The second-order valence-corrected chi connectivity index (χ2v) is 6.10. The van der Waals surface area contributed by atoms with Crippen LogP contribution in [0.1, 0.15) is 18.5 Å². The summed E-state index contributed by atoms with van der Waals surface area (Å²) in [4.78, 5) is 23.2. The normalized spacial score (nSPS) is 12.1. The summed E-state index contributed by atoms with van der Waals surface area (Å²) in [7, 11) is 1.47. The Morgan fingerprint density at radius 1 is 1.28 bits per heavy atom. The molecular formula is C19H20N6O4. The van der Waals surface area contributed by atoms with E-state index in [-0.39, 0.29) is 12.5 Å². The molecule has 29 heavy (non-hydrogen) atoms. The monoisotopic (exact) mass is 396 g/mol. The van der Waals surface area contributed by atoms with Crippen molar-refractivity contribution in [3.63, 3.8) is 0 Å². The number of para-hydroxylation sites is 1. The fraction of sp³-hybridized carbons (Fsp3) is 0.211. The van der Waals surface area contributed by atoms with Crippen molar-refractivity contribution >= 4 is 29.1 Å². The van der Waals surface area contributed by atoms with Crippen molar-refractivity contribution in [1.82, 2.24) is 20.4 Å². The summed E-state index contributed by atoms with van der Waals surface area (Å²) in [6, 6.07) is 11.8. The molecule has 0 aliphatic carbocycles. The van der Waals surface area contributed by atoms with Gasteiger partial charge in [-0.05, 0) is 42.8 Å². The smallest absolute Gasteiger partial charge is 0.264 e. The molecule has 0 radical (unpaired) electrons. The quantitative estimate of drug-likeness (QED) is 0.431. The summed E-state index contributed by atoms with van der Waals surface area (Å²) in [6.07, 6.45) is 1.46. The molecule has 1 aromatic heterocycles. The highest BCUT2D eigenvalue weighted by Gasteiger charge is 2.18. The highest BCUT2D eigenvalue weighted by molar-refractivity contribution is 5.85. The number of fused-ring (bicyclic) bond motifs is 1. The van der Waals surface area contributed by atoms with Crippen molar-refractivity contribution in [3.8, 4) is 11.5 Å². The first-order valence-corrected chi connectivity index (χ1v) is 8.71. The van der Waals surface area contributed by atoms with Crippen molar-refractivity contribution in [2.45, 2.75) is 13.0 Å². The standard InChI is InChI=1S/C19H20N6O4/c1-12(25-15-6-4-3-5-14(15)22-24-25)19(27)23-21-10-13-7-8-16(17(9-13)28-2)29-11-18(20)26/h3-10,12H,11H2,1-2H3,(H2,20,26)(H,23,27). The number of rotatable bonds is 8. The molecule has 150 valence electrons. The maximum atomic E-state index is 12.4. The number of ether oxygens (including phenoxy) is 2. The molecule has 10 nitrogen and oxygen atoms in total. The van der Waals surface area contributed by atoms with Gasteiger partial charge in [0.1, 0.15) is 11.6 Å². The van der Waals surface area contributed by atoms with Crippen LogP contribution >= 0.6 is 0 Å². The Morgan fingerprint density at radius 2 is 2.07 bits per heavy atom. The van der Waals surface area contributed by atoms with Crippen molar-refractivity contribution in [1.29, 1.82) is 0 Å². The van der Waals surface area contributed by atoms with Gasteiger partial charge in [-0.15, -0.1) is 5.10 Å². The number of carbonyl (C=O) groups excluding carboxylic acids is 2. The lowest BCUT2D eigenvalue weighted by Crippen LogP contribution is -2.28. The predicted octanol–water partition coefficient (Wildman–Crippen LogP) is 1.02. The van der Waals surface area contributed by atoms with Gasteiger partial charge in [0.2, 0.25) is 0 Å². The van der Waals surface area contributed by atoms with Crippen LogP contribution in [0.25, 0.3) is 11.0 Å². The average molecular weight is 396 g/mol. The summed E-state index contributed by atoms with van der Waals surface area (Å²) < 4.78 is 12.0. The lowest BCUT2D eigenvalue weighted by Gasteiger charge is -2.11. The van der Waals surface area contributed by atoms with E-state index in [0.717, 1.165) is 5.52 Å². The van der Waals surface area contributed by atoms with Crippen LogP contribution in [0.5, 0.6) is 11.5 Å². The molecule has 3 rings (SSSR count). The highest BCUT2D eigenvalue weighted by atomic mass is 16.5. The minimum atomic E-state index is -0.598. The van der Waals surface area contributed by atoms with Gasteiger partial charge in [-0.2, -0.15) is 5.10 Å². The minimum absolute atomic E-state index is 0.255. The van der Waals surface area contributed by atoms with Crippen LogP contribution in [0, 0.1) is 0 Å². The average Bonchev–Trinajstić information content (AvgIpc) is 3.16. The van der Waals surface area contributed by atoms with Crippen LogP contribution in [0.2, 0.25) is 0 Å². The van der Waals surface area contributed by atoms with Gasteiger partial charge in [-0.1, -0.05) is 17.3 Å². The van der Waals surface area contributed by atoms with Crippen LogP contribution in [-0.2, 0) is 9.59 Å². The number of hydrazone groups is 1. The molecule has 0 spiro atoms. The van der Waals surface area contributed by atoms with Gasteiger partial charge in [-0.25, -0.2) is 10.1 Å².